The van der Waals surface area contributed by atoms with Crippen molar-refractivity contribution in [2.45, 2.75) is 24.0 Å². The monoisotopic (exact) mass is 255 g/mol. The number of benzene rings is 1. The lowest BCUT2D eigenvalue weighted by molar-refractivity contribution is -0.385. The number of nitro groups is 1. The van der Waals surface area contributed by atoms with Crippen LogP contribution in [0.2, 0.25) is 0 Å². The molecule has 0 aromatic heterocycles. The second-order valence-electron chi connectivity index (χ2n) is 3.60. The molecule has 1 atom stereocenters. The number of carbonyl (C=O) groups excluding carboxylic acids is 1. The van der Waals surface area contributed by atoms with E-state index in [1.54, 1.807) is 6.07 Å². The van der Waals surface area contributed by atoms with E-state index in [1.807, 2.05) is 6.92 Å². The molecule has 0 fully saturated rings. The van der Waals surface area contributed by atoms with Gasteiger partial charge in [-0.2, -0.15) is 0 Å². The lowest BCUT2D eigenvalue weighted by Gasteiger charge is -2.08. The maximum atomic E-state index is 11.2. The Balaban J connectivity index is 3.10. The highest BCUT2D eigenvalue weighted by atomic mass is 32.2. The number of Topliss-reactive ketones (excluding diaryl/α,β-unsaturated/α-hetero) is 1. The Hall–Kier alpha value is -1.40. The molecule has 1 unspecified atom stereocenters. The molecule has 0 saturated carbocycles. The number of nitrogens with zero attached hydrogens (tertiary/aromatic N) is 1. The normalized spacial score (nSPS) is 12.2. The van der Waals surface area contributed by atoms with Crippen LogP contribution in [-0.2, 0) is 0 Å². The molecule has 5 nitrogen and oxygen atoms in total. The summed E-state index contributed by atoms with van der Waals surface area (Å²) in [6.45, 7) is 3.10. The van der Waals surface area contributed by atoms with Crippen molar-refractivity contribution < 1.29 is 14.8 Å². The van der Waals surface area contributed by atoms with Gasteiger partial charge in [0.25, 0.3) is 5.69 Å². The van der Waals surface area contributed by atoms with Gasteiger partial charge in [0.1, 0.15) is 0 Å². The van der Waals surface area contributed by atoms with Crippen molar-refractivity contribution in [1.82, 2.24) is 0 Å². The van der Waals surface area contributed by atoms with E-state index in [2.05, 4.69) is 0 Å². The molecule has 1 aromatic rings. The molecule has 0 radical (unpaired) electrons. The number of rotatable bonds is 5. The van der Waals surface area contributed by atoms with Gasteiger partial charge in [0.15, 0.2) is 5.78 Å². The molecular formula is C11H13NO4S. The summed E-state index contributed by atoms with van der Waals surface area (Å²) in [4.78, 5) is 22.1. The maximum absolute atomic E-state index is 11.2. The molecule has 0 heterocycles. The summed E-state index contributed by atoms with van der Waals surface area (Å²) < 4.78 is 0. The van der Waals surface area contributed by atoms with Crippen molar-refractivity contribution in [3.63, 3.8) is 0 Å². The summed E-state index contributed by atoms with van der Waals surface area (Å²) in [6, 6.07) is 4.47. The van der Waals surface area contributed by atoms with Crippen LogP contribution in [0.3, 0.4) is 0 Å². The molecule has 0 aliphatic heterocycles. The average molecular weight is 255 g/mol. The first-order valence-corrected chi connectivity index (χ1v) is 5.90. The van der Waals surface area contributed by atoms with Crippen molar-refractivity contribution >= 4 is 23.2 Å². The molecule has 1 N–H and O–H groups in total. The van der Waals surface area contributed by atoms with Gasteiger partial charge in [0.05, 0.1) is 17.1 Å². The fourth-order valence-corrected chi connectivity index (χ4v) is 2.17. The van der Waals surface area contributed by atoms with Gasteiger partial charge in [-0.15, -0.1) is 11.8 Å². The van der Waals surface area contributed by atoms with Crippen LogP contribution in [0.4, 0.5) is 5.69 Å². The van der Waals surface area contributed by atoms with E-state index in [-0.39, 0.29) is 28.9 Å². The number of carbonyl (C=O) groups is 1. The smallest absolute Gasteiger partial charge is 0.281 e. The number of hydrogen-bond donors (Lipinski definition) is 1. The highest BCUT2D eigenvalue weighted by Crippen LogP contribution is 2.29. The van der Waals surface area contributed by atoms with Gasteiger partial charge in [-0.05, 0) is 19.1 Å². The molecule has 1 aromatic carbocycles. The van der Waals surface area contributed by atoms with Gasteiger partial charge in [0.2, 0.25) is 0 Å². The second kappa shape index (κ2) is 5.79. The molecule has 1 rings (SSSR count). The van der Waals surface area contributed by atoms with Crippen LogP contribution in [0.1, 0.15) is 24.2 Å². The Bertz CT molecular complexity index is 447. The Morgan fingerprint density at radius 1 is 1.59 bits per heavy atom. The molecule has 92 valence electrons. The average Bonchev–Trinajstić information content (AvgIpc) is 2.28. The highest BCUT2D eigenvalue weighted by Gasteiger charge is 2.18. The summed E-state index contributed by atoms with van der Waals surface area (Å²) in [6.07, 6.45) is 0. The molecule has 17 heavy (non-hydrogen) atoms. The SMILES string of the molecule is CC(=O)c1ccc(SC(C)CO)cc1[N+](=O)[O-]. The second-order valence-corrected chi connectivity index (χ2v) is 5.12. The summed E-state index contributed by atoms with van der Waals surface area (Å²) in [5, 5.41) is 19.7. The van der Waals surface area contributed by atoms with Gasteiger partial charge < -0.3 is 5.11 Å². The summed E-state index contributed by atoms with van der Waals surface area (Å²) in [7, 11) is 0. The summed E-state index contributed by atoms with van der Waals surface area (Å²) >= 11 is 1.33. The van der Waals surface area contributed by atoms with E-state index >= 15 is 0 Å². The number of aliphatic hydroxyl groups is 1. The maximum Gasteiger partial charge on any atom is 0.281 e. The zero-order valence-electron chi connectivity index (χ0n) is 9.54. The number of ketones is 1. The van der Waals surface area contributed by atoms with Crippen molar-refractivity contribution in [1.29, 1.82) is 0 Å². The third kappa shape index (κ3) is 3.54. The predicted molar refractivity (Wildman–Crippen MR) is 65.5 cm³/mol. The minimum atomic E-state index is -0.565. The molecule has 0 bridgehead atoms. The molecule has 0 aliphatic carbocycles. The van der Waals surface area contributed by atoms with Crippen molar-refractivity contribution in [2.75, 3.05) is 6.61 Å². The van der Waals surface area contributed by atoms with Crippen molar-refractivity contribution in [3.05, 3.63) is 33.9 Å². The Kier molecular flexibility index (Phi) is 4.65. The van der Waals surface area contributed by atoms with Crippen LogP contribution in [0.25, 0.3) is 0 Å². The Morgan fingerprint density at radius 2 is 2.24 bits per heavy atom. The largest absolute Gasteiger partial charge is 0.395 e. The topological polar surface area (TPSA) is 80.4 Å². The van der Waals surface area contributed by atoms with Crippen LogP contribution in [0.5, 0.6) is 0 Å². The molecule has 0 spiro atoms. The summed E-state index contributed by atoms with van der Waals surface area (Å²) in [5.41, 5.74) is -0.0800. The number of aliphatic hydroxyl groups excluding tert-OH is 1. The lowest BCUT2D eigenvalue weighted by Crippen LogP contribution is -2.03. The first kappa shape index (κ1) is 13.7. The first-order valence-electron chi connectivity index (χ1n) is 5.02. The fourth-order valence-electron chi connectivity index (χ4n) is 1.30. The first-order chi connectivity index (χ1) is 7.95. The number of hydrogen-bond acceptors (Lipinski definition) is 5. The minimum absolute atomic E-state index is 0.00702. The van der Waals surface area contributed by atoms with E-state index in [4.69, 9.17) is 5.11 Å². The van der Waals surface area contributed by atoms with Gasteiger partial charge in [-0.3, -0.25) is 14.9 Å². The van der Waals surface area contributed by atoms with E-state index in [0.717, 1.165) is 0 Å². The van der Waals surface area contributed by atoms with E-state index in [0.29, 0.717) is 4.90 Å². The highest BCUT2D eigenvalue weighted by molar-refractivity contribution is 8.00. The molecule has 0 aliphatic rings. The zero-order valence-corrected chi connectivity index (χ0v) is 10.4. The quantitative estimate of drug-likeness (QED) is 0.378. The van der Waals surface area contributed by atoms with Crippen LogP contribution in [0, 0.1) is 10.1 Å². The molecule has 6 heteroatoms. The molecular weight excluding hydrogens is 242 g/mol. The van der Waals surface area contributed by atoms with Crippen LogP contribution in [0.15, 0.2) is 23.1 Å². The van der Waals surface area contributed by atoms with Gasteiger partial charge in [-0.25, -0.2) is 0 Å². The number of nitro benzene ring substituents is 1. The Morgan fingerprint density at radius 3 is 2.71 bits per heavy atom. The van der Waals surface area contributed by atoms with Crippen LogP contribution < -0.4 is 0 Å². The van der Waals surface area contributed by atoms with Crippen LogP contribution in [-0.4, -0.2) is 27.7 Å². The van der Waals surface area contributed by atoms with Crippen LogP contribution >= 0.6 is 11.8 Å². The van der Waals surface area contributed by atoms with Gasteiger partial charge in [0, 0.05) is 16.2 Å². The molecule has 0 saturated heterocycles. The third-order valence-corrected chi connectivity index (χ3v) is 3.22. The van der Waals surface area contributed by atoms with Crippen molar-refractivity contribution in [3.8, 4) is 0 Å². The van der Waals surface area contributed by atoms with Gasteiger partial charge in [-0.1, -0.05) is 6.92 Å². The van der Waals surface area contributed by atoms with Crippen molar-refractivity contribution in [2.24, 2.45) is 0 Å². The fraction of sp³-hybridized carbons (Fsp3) is 0.364. The zero-order chi connectivity index (χ0) is 13.0. The van der Waals surface area contributed by atoms with E-state index < -0.39 is 4.92 Å². The Labute approximate surface area is 103 Å². The standard InChI is InChI=1S/C11H13NO4S/c1-7(6-13)17-9-3-4-10(8(2)14)11(5-9)12(15)16/h3-5,7,13H,6H2,1-2H3. The third-order valence-electron chi connectivity index (χ3n) is 2.14. The van der Waals surface area contributed by atoms with Gasteiger partial charge >= 0.3 is 0 Å². The lowest BCUT2D eigenvalue weighted by atomic mass is 10.1. The number of thioether (sulfide) groups is 1. The predicted octanol–water partition coefficient (Wildman–Crippen LogP) is 2.27. The minimum Gasteiger partial charge on any atom is -0.395 e. The molecule has 0 amide bonds. The summed E-state index contributed by atoms with van der Waals surface area (Å²) in [5.74, 6) is -0.330. The van der Waals surface area contributed by atoms with E-state index in [9.17, 15) is 14.9 Å². The van der Waals surface area contributed by atoms with E-state index in [1.165, 1.54) is 30.8 Å².